The molecule has 0 saturated heterocycles. The Morgan fingerprint density at radius 1 is 0.949 bits per heavy atom. The molecule has 1 aliphatic rings. The Morgan fingerprint density at radius 3 is 2.54 bits per heavy atom. The highest BCUT2D eigenvalue weighted by molar-refractivity contribution is 5.57. The molecule has 1 atom stereocenters. The van der Waals surface area contributed by atoms with E-state index in [1.165, 1.54) is 22.3 Å². The van der Waals surface area contributed by atoms with Crippen LogP contribution in [-0.2, 0) is 24.0 Å². The number of ether oxygens (including phenoxy) is 3. The van der Waals surface area contributed by atoms with Crippen molar-refractivity contribution in [2.24, 2.45) is 0 Å². The van der Waals surface area contributed by atoms with Gasteiger partial charge in [0.05, 0.1) is 13.7 Å². The van der Waals surface area contributed by atoms with E-state index in [4.69, 9.17) is 14.2 Å². The van der Waals surface area contributed by atoms with Gasteiger partial charge in [0.25, 0.3) is 0 Å². The fourth-order valence-electron chi connectivity index (χ4n) is 5.24. The van der Waals surface area contributed by atoms with Crippen LogP contribution in [0.25, 0.3) is 0 Å². The van der Waals surface area contributed by atoms with Gasteiger partial charge in [-0.05, 0) is 105 Å². The Balaban J connectivity index is 1.25. The van der Waals surface area contributed by atoms with Crippen LogP contribution in [0.3, 0.4) is 0 Å². The summed E-state index contributed by atoms with van der Waals surface area (Å²) in [6, 6.07) is 20.7. The molecule has 0 amide bonds. The van der Waals surface area contributed by atoms with E-state index in [1.807, 2.05) is 13.0 Å². The number of nitrogens with zero attached hydrogens (tertiary/aromatic N) is 1. The molecule has 210 valence electrons. The monoisotopic (exact) mass is 532 g/mol. The second-order valence-corrected chi connectivity index (χ2v) is 10.4. The number of benzene rings is 3. The highest BCUT2D eigenvalue weighted by Gasteiger charge is 2.23. The topological polar surface area (TPSA) is 63.2 Å². The van der Waals surface area contributed by atoms with E-state index in [0.29, 0.717) is 18.3 Å². The van der Waals surface area contributed by atoms with Crippen LogP contribution in [0.4, 0.5) is 5.69 Å². The fraction of sp³-hybridized carbons (Fsp3) is 0.455. The normalized spacial score (nSPS) is 14.7. The molecule has 0 spiro atoms. The first-order valence-corrected chi connectivity index (χ1v) is 14.3. The predicted octanol–water partition coefficient (Wildman–Crippen LogP) is 6.07. The maximum absolute atomic E-state index is 9.84. The Labute approximate surface area is 233 Å². The maximum atomic E-state index is 9.84. The van der Waals surface area contributed by atoms with Crippen LogP contribution < -0.4 is 14.8 Å². The van der Waals surface area contributed by atoms with Crippen LogP contribution in [0.15, 0.2) is 60.7 Å². The minimum absolute atomic E-state index is 0.359. The van der Waals surface area contributed by atoms with Crippen LogP contribution in [-0.4, -0.2) is 63.6 Å². The standard InChI is InChI=1S/C33H44N2O4/c1-4-38-20-18-35(2)19-21-39-30-13-7-25(8-14-30)6-5-17-34-33-24-31(37-3)15-16-32(33)28-10-9-27-23-29(36)12-11-26(27)22-28/h7-8,11-16,23-24,28,34,36H,4-6,9-10,17-22H2,1-3H3. The number of hydrogen-bond acceptors (Lipinski definition) is 6. The van der Waals surface area contributed by atoms with E-state index >= 15 is 0 Å². The first-order valence-electron chi connectivity index (χ1n) is 14.3. The van der Waals surface area contributed by atoms with Gasteiger partial charge in [-0.2, -0.15) is 0 Å². The Hall–Kier alpha value is -3.22. The SMILES string of the molecule is CCOCCN(C)CCOc1ccc(CCCNc2cc(OC)ccc2C2CCc3cc(O)ccc3C2)cc1. The van der Waals surface area contributed by atoms with Gasteiger partial charge < -0.3 is 29.5 Å². The van der Waals surface area contributed by atoms with E-state index in [2.05, 4.69) is 65.8 Å². The number of aromatic hydroxyl groups is 1. The highest BCUT2D eigenvalue weighted by atomic mass is 16.5. The number of rotatable bonds is 15. The van der Waals surface area contributed by atoms with Crippen LogP contribution in [0, 0.1) is 0 Å². The van der Waals surface area contributed by atoms with Gasteiger partial charge in [-0.3, -0.25) is 0 Å². The van der Waals surface area contributed by atoms with Crippen LogP contribution in [0.1, 0.15) is 47.9 Å². The molecule has 3 aromatic rings. The van der Waals surface area contributed by atoms with Crippen molar-refractivity contribution in [2.75, 3.05) is 58.9 Å². The molecule has 0 aliphatic heterocycles. The molecule has 4 rings (SSSR count). The zero-order chi connectivity index (χ0) is 27.5. The van der Waals surface area contributed by atoms with E-state index in [0.717, 1.165) is 82.1 Å². The van der Waals surface area contributed by atoms with Crippen molar-refractivity contribution in [3.05, 3.63) is 82.9 Å². The molecule has 39 heavy (non-hydrogen) atoms. The highest BCUT2D eigenvalue weighted by Crippen LogP contribution is 2.38. The number of nitrogens with one attached hydrogen (secondary N) is 1. The van der Waals surface area contributed by atoms with Crippen molar-refractivity contribution in [2.45, 2.75) is 44.9 Å². The lowest BCUT2D eigenvalue weighted by Gasteiger charge is -2.27. The lowest BCUT2D eigenvalue weighted by molar-refractivity contribution is 0.116. The second-order valence-electron chi connectivity index (χ2n) is 10.4. The van der Waals surface area contributed by atoms with Gasteiger partial charge in [0.15, 0.2) is 0 Å². The van der Waals surface area contributed by atoms with Crippen molar-refractivity contribution < 1.29 is 19.3 Å². The van der Waals surface area contributed by atoms with Gasteiger partial charge in [0.1, 0.15) is 23.9 Å². The van der Waals surface area contributed by atoms with Crippen molar-refractivity contribution in [1.82, 2.24) is 4.90 Å². The number of likely N-dealkylation sites (N-methyl/N-ethyl adjacent to an activating group) is 1. The number of phenolic OH excluding ortho intramolecular Hbond substituents is 1. The molecule has 6 heteroatoms. The fourth-order valence-corrected chi connectivity index (χ4v) is 5.24. The Kier molecular flexibility index (Phi) is 10.9. The van der Waals surface area contributed by atoms with E-state index in [-0.39, 0.29) is 0 Å². The lowest BCUT2D eigenvalue weighted by Crippen LogP contribution is -2.27. The average Bonchev–Trinajstić information content (AvgIpc) is 2.96. The van der Waals surface area contributed by atoms with Gasteiger partial charge in [0.2, 0.25) is 0 Å². The quantitative estimate of drug-likeness (QED) is 0.232. The van der Waals surface area contributed by atoms with Gasteiger partial charge in [-0.1, -0.05) is 24.3 Å². The Morgan fingerprint density at radius 2 is 1.74 bits per heavy atom. The molecule has 6 nitrogen and oxygen atoms in total. The van der Waals surface area contributed by atoms with E-state index in [9.17, 15) is 5.11 Å². The molecule has 0 saturated carbocycles. The largest absolute Gasteiger partial charge is 0.508 e. The molecule has 1 unspecified atom stereocenters. The molecule has 2 N–H and O–H groups in total. The summed E-state index contributed by atoms with van der Waals surface area (Å²) in [7, 11) is 3.81. The zero-order valence-corrected chi connectivity index (χ0v) is 23.7. The number of anilines is 1. The number of hydrogen-bond donors (Lipinski definition) is 2. The Bertz CT molecular complexity index is 1160. The smallest absolute Gasteiger partial charge is 0.120 e. The number of methoxy groups -OCH3 is 1. The number of aryl methyl sites for hydroxylation is 2. The van der Waals surface area contributed by atoms with Gasteiger partial charge >= 0.3 is 0 Å². The molecule has 0 bridgehead atoms. The van der Waals surface area contributed by atoms with Crippen LogP contribution >= 0.6 is 0 Å². The van der Waals surface area contributed by atoms with Gasteiger partial charge in [-0.25, -0.2) is 0 Å². The summed E-state index contributed by atoms with van der Waals surface area (Å²) in [6.45, 7) is 6.90. The van der Waals surface area contributed by atoms with Gasteiger partial charge in [0, 0.05) is 38.0 Å². The average molecular weight is 533 g/mol. The molecule has 1 aliphatic carbocycles. The number of fused-ring (bicyclic) bond motifs is 1. The summed E-state index contributed by atoms with van der Waals surface area (Å²) in [6.07, 6.45) is 5.11. The summed E-state index contributed by atoms with van der Waals surface area (Å²) in [5, 5.41) is 13.5. The summed E-state index contributed by atoms with van der Waals surface area (Å²) in [5.41, 5.74) is 6.44. The van der Waals surface area contributed by atoms with Gasteiger partial charge in [-0.15, -0.1) is 0 Å². The van der Waals surface area contributed by atoms with Crippen molar-refractivity contribution in [1.29, 1.82) is 0 Å². The van der Waals surface area contributed by atoms with Crippen molar-refractivity contribution in [3.8, 4) is 17.2 Å². The summed E-state index contributed by atoms with van der Waals surface area (Å²) in [4.78, 5) is 2.23. The molecule has 3 aromatic carbocycles. The third-order valence-electron chi connectivity index (χ3n) is 7.56. The second kappa shape index (κ2) is 14.8. The molecule has 0 heterocycles. The lowest BCUT2D eigenvalue weighted by atomic mass is 9.79. The predicted molar refractivity (Wildman–Crippen MR) is 159 cm³/mol. The van der Waals surface area contributed by atoms with E-state index in [1.54, 1.807) is 13.2 Å². The molecular formula is C33H44N2O4. The minimum Gasteiger partial charge on any atom is -0.508 e. The first kappa shape index (κ1) is 28.8. The maximum Gasteiger partial charge on any atom is 0.120 e. The van der Waals surface area contributed by atoms with E-state index < -0.39 is 0 Å². The third kappa shape index (κ3) is 8.64. The minimum atomic E-state index is 0.359. The third-order valence-corrected chi connectivity index (χ3v) is 7.56. The summed E-state index contributed by atoms with van der Waals surface area (Å²) < 4.78 is 16.9. The molecular weight excluding hydrogens is 488 g/mol. The van der Waals surface area contributed by atoms with Crippen molar-refractivity contribution in [3.63, 3.8) is 0 Å². The first-order chi connectivity index (χ1) is 19.1. The molecule has 0 aromatic heterocycles. The summed E-state index contributed by atoms with van der Waals surface area (Å²) >= 11 is 0. The molecule has 0 fully saturated rings. The zero-order valence-electron chi connectivity index (χ0n) is 23.7. The van der Waals surface area contributed by atoms with Crippen LogP contribution in [0.5, 0.6) is 17.2 Å². The van der Waals surface area contributed by atoms with Crippen LogP contribution in [0.2, 0.25) is 0 Å². The summed E-state index contributed by atoms with van der Waals surface area (Å²) in [5.74, 6) is 2.60. The molecule has 0 radical (unpaired) electrons. The number of phenols is 1. The van der Waals surface area contributed by atoms with Crippen molar-refractivity contribution >= 4 is 5.69 Å².